The van der Waals surface area contributed by atoms with Crippen LogP contribution < -0.4 is 4.90 Å². The summed E-state index contributed by atoms with van der Waals surface area (Å²) >= 11 is 0. The van der Waals surface area contributed by atoms with E-state index >= 15 is 0 Å². The van der Waals surface area contributed by atoms with E-state index in [-0.39, 0.29) is 0 Å². The van der Waals surface area contributed by atoms with E-state index in [1.165, 1.54) is 31.4 Å². The fourth-order valence-electron chi connectivity index (χ4n) is 2.21. The van der Waals surface area contributed by atoms with Gasteiger partial charge in [-0.25, -0.2) is 0 Å². The Hall–Kier alpha value is -0.890. The van der Waals surface area contributed by atoms with E-state index in [1.807, 2.05) is 18.5 Å². The van der Waals surface area contributed by atoms with Crippen LogP contribution in [-0.4, -0.2) is 18.6 Å². The highest BCUT2D eigenvalue weighted by atomic mass is 15.1. The summed E-state index contributed by atoms with van der Waals surface area (Å²) in [6.45, 7) is 1.31. The lowest BCUT2D eigenvalue weighted by Gasteiger charge is -2.29. The van der Waals surface area contributed by atoms with Crippen molar-refractivity contribution in [2.75, 3.05) is 13.6 Å². The van der Waals surface area contributed by atoms with Crippen LogP contribution in [0.5, 0.6) is 0 Å². The lowest BCUT2D eigenvalue weighted by molar-refractivity contribution is -0.917. The average Bonchev–Trinajstić information content (AvgIpc) is 2.20. The van der Waals surface area contributed by atoms with E-state index in [9.17, 15) is 0 Å². The van der Waals surface area contributed by atoms with Gasteiger partial charge in [0, 0.05) is 24.4 Å². The molecule has 1 aromatic rings. The Kier molecular flexibility index (Phi) is 2.60. The number of pyridine rings is 1. The van der Waals surface area contributed by atoms with Crippen LogP contribution in [0.15, 0.2) is 24.5 Å². The van der Waals surface area contributed by atoms with Crippen LogP contribution in [0.25, 0.3) is 0 Å². The lowest BCUT2D eigenvalue weighted by atomic mass is 9.97. The molecule has 1 saturated heterocycles. The van der Waals surface area contributed by atoms with Gasteiger partial charge in [0.05, 0.1) is 13.6 Å². The topological polar surface area (TPSA) is 17.3 Å². The van der Waals surface area contributed by atoms with E-state index in [4.69, 9.17) is 0 Å². The fourth-order valence-corrected chi connectivity index (χ4v) is 2.21. The molecule has 2 nitrogen and oxygen atoms in total. The van der Waals surface area contributed by atoms with Gasteiger partial charge >= 0.3 is 0 Å². The maximum absolute atomic E-state index is 4.18. The second kappa shape index (κ2) is 3.88. The molecular formula is C11H17N2+. The van der Waals surface area contributed by atoms with Gasteiger partial charge in [0.1, 0.15) is 6.04 Å². The number of nitrogens with one attached hydrogen (secondary N) is 1. The van der Waals surface area contributed by atoms with Gasteiger partial charge in [-0.05, 0) is 18.9 Å². The van der Waals surface area contributed by atoms with E-state index in [0.29, 0.717) is 6.04 Å². The monoisotopic (exact) mass is 177 g/mol. The Morgan fingerprint density at radius 2 is 2.38 bits per heavy atom. The first-order valence-corrected chi connectivity index (χ1v) is 5.10. The first kappa shape index (κ1) is 8.70. The molecule has 1 aliphatic heterocycles. The number of piperidine rings is 1. The lowest BCUT2D eigenvalue weighted by Crippen LogP contribution is -3.10. The SMILES string of the molecule is C[NH+]1CCCC[C@@H]1c1cccnc1. The predicted molar refractivity (Wildman–Crippen MR) is 52.6 cm³/mol. The summed E-state index contributed by atoms with van der Waals surface area (Å²) in [5, 5.41) is 0. The quantitative estimate of drug-likeness (QED) is 0.672. The van der Waals surface area contributed by atoms with Crippen molar-refractivity contribution in [2.45, 2.75) is 25.3 Å². The van der Waals surface area contributed by atoms with Crippen LogP contribution in [0.3, 0.4) is 0 Å². The standard InChI is InChI=1S/C11H16N2/c1-13-8-3-2-6-11(13)10-5-4-7-12-9-10/h4-5,7,9,11H,2-3,6,8H2,1H3/p+1/t11-/m1/s1. The summed E-state index contributed by atoms with van der Waals surface area (Å²) in [5.74, 6) is 0. The third-order valence-corrected chi connectivity index (χ3v) is 3.00. The largest absolute Gasteiger partial charge is 0.331 e. The van der Waals surface area contributed by atoms with Crippen molar-refractivity contribution in [2.24, 2.45) is 0 Å². The predicted octanol–water partition coefficient (Wildman–Crippen LogP) is 0.821. The zero-order chi connectivity index (χ0) is 9.10. The van der Waals surface area contributed by atoms with Gasteiger partial charge in [-0.1, -0.05) is 6.07 Å². The first-order valence-electron chi connectivity index (χ1n) is 5.10. The van der Waals surface area contributed by atoms with Crippen molar-refractivity contribution < 1.29 is 4.90 Å². The Bertz CT molecular complexity index is 258. The number of nitrogens with zero attached hydrogens (tertiary/aromatic N) is 1. The minimum Gasteiger partial charge on any atom is -0.331 e. The van der Waals surface area contributed by atoms with Crippen molar-refractivity contribution >= 4 is 0 Å². The van der Waals surface area contributed by atoms with E-state index < -0.39 is 0 Å². The minimum atomic E-state index is 0.683. The van der Waals surface area contributed by atoms with E-state index in [1.54, 1.807) is 4.90 Å². The molecule has 0 radical (unpaired) electrons. The molecule has 0 amide bonds. The number of quaternary nitrogens is 1. The molecule has 0 saturated carbocycles. The molecule has 0 aromatic carbocycles. The Morgan fingerprint density at radius 1 is 1.46 bits per heavy atom. The molecule has 0 aliphatic carbocycles. The summed E-state index contributed by atoms with van der Waals surface area (Å²) in [7, 11) is 2.29. The van der Waals surface area contributed by atoms with E-state index in [2.05, 4.69) is 18.1 Å². The van der Waals surface area contributed by atoms with Crippen LogP contribution in [-0.2, 0) is 0 Å². The minimum absolute atomic E-state index is 0.683. The number of hydrogen-bond donors (Lipinski definition) is 1. The smallest absolute Gasteiger partial charge is 0.114 e. The van der Waals surface area contributed by atoms with Crippen molar-refractivity contribution in [1.82, 2.24) is 4.98 Å². The fraction of sp³-hybridized carbons (Fsp3) is 0.545. The molecule has 2 rings (SSSR count). The molecule has 1 N–H and O–H groups in total. The molecule has 1 aromatic heterocycles. The molecule has 1 unspecified atom stereocenters. The molecular weight excluding hydrogens is 160 g/mol. The first-order chi connectivity index (χ1) is 6.38. The van der Waals surface area contributed by atoms with Crippen LogP contribution >= 0.6 is 0 Å². The molecule has 1 fully saturated rings. The van der Waals surface area contributed by atoms with Gasteiger partial charge in [0.25, 0.3) is 0 Å². The van der Waals surface area contributed by atoms with Crippen LogP contribution in [0, 0.1) is 0 Å². The zero-order valence-electron chi connectivity index (χ0n) is 8.16. The van der Waals surface area contributed by atoms with Crippen LogP contribution in [0.1, 0.15) is 30.9 Å². The number of rotatable bonds is 1. The van der Waals surface area contributed by atoms with Gasteiger partial charge in [-0.2, -0.15) is 0 Å². The summed E-state index contributed by atoms with van der Waals surface area (Å²) in [6.07, 6.45) is 7.93. The highest BCUT2D eigenvalue weighted by molar-refractivity contribution is 5.11. The second-order valence-corrected chi connectivity index (χ2v) is 3.93. The Labute approximate surface area is 79.6 Å². The van der Waals surface area contributed by atoms with Crippen LogP contribution in [0.4, 0.5) is 0 Å². The number of likely N-dealkylation sites (tertiary alicyclic amines) is 1. The average molecular weight is 177 g/mol. The highest BCUT2D eigenvalue weighted by Crippen LogP contribution is 2.17. The maximum Gasteiger partial charge on any atom is 0.114 e. The number of aromatic nitrogens is 1. The molecule has 70 valence electrons. The summed E-state index contributed by atoms with van der Waals surface area (Å²) in [5.41, 5.74) is 1.40. The zero-order valence-corrected chi connectivity index (χ0v) is 8.16. The van der Waals surface area contributed by atoms with Gasteiger partial charge < -0.3 is 4.90 Å². The van der Waals surface area contributed by atoms with Gasteiger partial charge in [0.15, 0.2) is 0 Å². The molecule has 1 aliphatic rings. The molecule has 2 heterocycles. The summed E-state index contributed by atoms with van der Waals surface area (Å²) in [4.78, 5) is 5.82. The Morgan fingerprint density at radius 3 is 3.08 bits per heavy atom. The van der Waals surface area contributed by atoms with Crippen LogP contribution in [0.2, 0.25) is 0 Å². The third kappa shape index (κ3) is 1.89. The summed E-state index contributed by atoms with van der Waals surface area (Å²) in [6, 6.07) is 4.92. The van der Waals surface area contributed by atoms with Crippen molar-refractivity contribution in [1.29, 1.82) is 0 Å². The molecule has 13 heavy (non-hydrogen) atoms. The normalized spacial score (nSPS) is 28.7. The van der Waals surface area contributed by atoms with E-state index in [0.717, 1.165) is 0 Å². The summed E-state index contributed by atoms with van der Waals surface area (Å²) < 4.78 is 0. The van der Waals surface area contributed by atoms with Crippen molar-refractivity contribution in [3.63, 3.8) is 0 Å². The highest BCUT2D eigenvalue weighted by Gasteiger charge is 2.23. The third-order valence-electron chi connectivity index (χ3n) is 3.00. The molecule has 2 heteroatoms. The molecule has 2 atom stereocenters. The molecule has 0 bridgehead atoms. The molecule has 0 spiro atoms. The number of hydrogen-bond acceptors (Lipinski definition) is 1. The van der Waals surface area contributed by atoms with Crippen molar-refractivity contribution in [3.8, 4) is 0 Å². The second-order valence-electron chi connectivity index (χ2n) is 3.93. The Balaban J connectivity index is 2.15. The van der Waals surface area contributed by atoms with Gasteiger partial charge in [-0.15, -0.1) is 0 Å². The maximum atomic E-state index is 4.18. The van der Waals surface area contributed by atoms with Gasteiger partial charge in [-0.3, -0.25) is 4.98 Å². The van der Waals surface area contributed by atoms with Gasteiger partial charge in [0.2, 0.25) is 0 Å². The van der Waals surface area contributed by atoms with Crippen molar-refractivity contribution in [3.05, 3.63) is 30.1 Å².